The lowest BCUT2D eigenvalue weighted by Crippen LogP contribution is -2.45. The number of aryl methyl sites for hydroxylation is 1. The Balaban J connectivity index is 1.69. The molecule has 3 rings (SSSR count). The predicted molar refractivity (Wildman–Crippen MR) is 101 cm³/mol. The second-order valence-corrected chi connectivity index (χ2v) is 7.60. The molecule has 0 unspecified atom stereocenters. The summed E-state index contributed by atoms with van der Waals surface area (Å²) >= 11 is 8.06. The van der Waals surface area contributed by atoms with Crippen LogP contribution in [0.3, 0.4) is 0 Å². The Bertz CT molecular complexity index is 652. The average molecular weight is 350 g/mol. The molecule has 2 aromatic rings. The van der Waals surface area contributed by atoms with Crippen LogP contribution in [0.25, 0.3) is 11.1 Å². The van der Waals surface area contributed by atoms with Crippen LogP contribution in [-0.2, 0) is 6.54 Å². The van der Waals surface area contributed by atoms with Gasteiger partial charge >= 0.3 is 0 Å². The van der Waals surface area contributed by atoms with Gasteiger partial charge in [0.1, 0.15) is 0 Å². The topological polar surface area (TPSA) is 32.5 Å². The second kappa shape index (κ2) is 7.22. The number of nitrogen functional groups attached to an aromatic ring is 1. The molecule has 0 amide bonds. The van der Waals surface area contributed by atoms with Crippen molar-refractivity contribution in [2.24, 2.45) is 0 Å². The van der Waals surface area contributed by atoms with Gasteiger partial charge in [-0.2, -0.15) is 0 Å². The summed E-state index contributed by atoms with van der Waals surface area (Å²) in [6.07, 6.45) is 0. The van der Waals surface area contributed by atoms with Crippen molar-refractivity contribution < 1.29 is 0 Å². The minimum absolute atomic E-state index is 0.642. The molecule has 1 fully saturated rings. The first kappa shape index (κ1) is 16.8. The third-order valence-electron chi connectivity index (χ3n) is 4.62. The molecule has 1 aromatic carbocycles. The summed E-state index contributed by atoms with van der Waals surface area (Å²) < 4.78 is 0. The monoisotopic (exact) mass is 349 g/mol. The average Bonchev–Trinajstić information content (AvgIpc) is 3.01. The molecule has 1 aliphatic heterocycles. The van der Waals surface area contributed by atoms with E-state index in [0.717, 1.165) is 37.3 Å². The minimum Gasteiger partial charge on any atom is -0.397 e. The molecule has 1 saturated heterocycles. The van der Waals surface area contributed by atoms with E-state index in [0.29, 0.717) is 10.7 Å². The van der Waals surface area contributed by atoms with Crippen LogP contribution in [0.2, 0.25) is 5.02 Å². The third-order valence-corrected chi connectivity index (χ3v) is 5.85. The Morgan fingerprint density at radius 3 is 2.43 bits per heavy atom. The van der Waals surface area contributed by atoms with E-state index in [2.05, 4.69) is 34.2 Å². The molecule has 3 nitrogen and oxygen atoms in total. The molecule has 2 heterocycles. The quantitative estimate of drug-likeness (QED) is 0.843. The van der Waals surface area contributed by atoms with Crippen LogP contribution in [-0.4, -0.2) is 42.5 Å². The van der Waals surface area contributed by atoms with Crippen LogP contribution in [0.4, 0.5) is 5.69 Å². The summed E-state index contributed by atoms with van der Waals surface area (Å²) in [4.78, 5) is 6.47. The van der Waals surface area contributed by atoms with Gasteiger partial charge in [-0.3, -0.25) is 4.90 Å². The molecule has 2 N–H and O–H groups in total. The van der Waals surface area contributed by atoms with Crippen LogP contribution in [0.1, 0.15) is 17.4 Å². The van der Waals surface area contributed by atoms with Gasteiger partial charge in [0, 0.05) is 37.6 Å². The third kappa shape index (κ3) is 3.89. The molecule has 0 bridgehead atoms. The van der Waals surface area contributed by atoms with Gasteiger partial charge in [-0.15, -0.1) is 11.3 Å². The standard InChI is InChI=1S/C18H24ClN3S/c1-3-21-4-6-22(7-5-21)11-16-9-15(12-23-16)14-8-13(2)18(20)17(19)10-14/h8-10,12H,3-7,11,20H2,1-2H3. The molecular weight excluding hydrogens is 326 g/mol. The molecule has 5 heteroatoms. The molecule has 23 heavy (non-hydrogen) atoms. The van der Waals surface area contributed by atoms with Gasteiger partial charge in [0.15, 0.2) is 0 Å². The molecule has 124 valence electrons. The van der Waals surface area contributed by atoms with Crippen LogP contribution in [0.5, 0.6) is 0 Å². The van der Waals surface area contributed by atoms with Crippen molar-refractivity contribution in [1.29, 1.82) is 0 Å². The molecule has 0 saturated carbocycles. The highest BCUT2D eigenvalue weighted by atomic mass is 35.5. The summed E-state index contributed by atoms with van der Waals surface area (Å²) in [7, 11) is 0. The molecule has 0 atom stereocenters. The van der Waals surface area contributed by atoms with Crippen molar-refractivity contribution in [1.82, 2.24) is 9.80 Å². The van der Waals surface area contributed by atoms with E-state index in [9.17, 15) is 0 Å². The number of nitrogens with two attached hydrogens (primary N) is 1. The summed E-state index contributed by atoms with van der Waals surface area (Å²) in [5, 5.41) is 2.86. The van der Waals surface area contributed by atoms with Crippen LogP contribution >= 0.6 is 22.9 Å². The van der Waals surface area contributed by atoms with E-state index in [1.807, 2.05) is 24.3 Å². The Kier molecular flexibility index (Phi) is 5.27. The second-order valence-electron chi connectivity index (χ2n) is 6.20. The predicted octanol–water partition coefficient (Wildman–Crippen LogP) is 4.10. The maximum absolute atomic E-state index is 6.22. The fourth-order valence-electron chi connectivity index (χ4n) is 3.02. The molecule has 1 aromatic heterocycles. The number of piperazine rings is 1. The number of anilines is 1. The number of thiophene rings is 1. The Hall–Kier alpha value is -1.07. The van der Waals surface area contributed by atoms with E-state index < -0.39 is 0 Å². The highest BCUT2D eigenvalue weighted by Gasteiger charge is 2.16. The summed E-state index contributed by atoms with van der Waals surface area (Å²) in [5.74, 6) is 0. The number of likely N-dealkylation sites (N-methyl/N-ethyl adjacent to an activating group) is 1. The largest absolute Gasteiger partial charge is 0.397 e. The molecule has 0 aliphatic carbocycles. The van der Waals surface area contributed by atoms with Crippen LogP contribution in [0, 0.1) is 6.92 Å². The van der Waals surface area contributed by atoms with Gasteiger partial charge in [-0.05, 0) is 53.7 Å². The number of hydrogen-bond acceptors (Lipinski definition) is 4. The highest BCUT2D eigenvalue weighted by molar-refractivity contribution is 7.10. The van der Waals surface area contributed by atoms with Crippen molar-refractivity contribution >= 4 is 28.6 Å². The van der Waals surface area contributed by atoms with Crippen molar-refractivity contribution in [3.63, 3.8) is 0 Å². The Morgan fingerprint density at radius 2 is 1.78 bits per heavy atom. The van der Waals surface area contributed by atoms with Gasteiger partial charge in [-0.1, -0.05) is 18.5 Å². The number of rotatable bonds is 4. The Labute approximate surface area is 147 Å². The van der Waals surface area contributed by atoms with E-state index >= 15 is 0 Å². The Morgan fingerprint density at radius 1 is 1.09 bits per heavy atom. The summed E-state index contributed by atoms with van der Waals surface area (Å²) in [6.45, 7) is 11.1. The number of halogens is 1. The SMILES string of the molecule is CCN1CCN(Cc2cc(-c3cc(C)c(N)c(Cl)c3)cs2)CC1. The first-order valence-corrected chi connectivity index (χ1v) is 9.40. The highest BCUT2D eigenvalue weighted by Crippen LogP contribution is 2.32. The van der Waals surface area contributed by atoms with Gasteiger partial charge < -0.3 is 10.6 Å². The van der Waals surface area contributed by atoms with E-state index in [4.69, 9.17) is 17.3 Å². The first-order valence-electron chi connectivity index (χ1n) is 8.15. The van der Waals surface area contributed by atoms with Gasteiger partial charge in [0.2, 0.25) is 0 Å². The molecule has 0 spiro atoms. The van der Waals surface area contributed by atoms with E-state index in [1.54, 1.807) is 0 Å². The fraction of sp³-hybridized carbons (Fsp3) is 0.444. The smallest absolute Gasteiger partial charge is 0.0644 e. The number of benzene rings is 1. The van der Waals surface area contributed by atoms with Gasteiger partial charge in [0.25, 0.3) is 0 Å². The zero-order chi connectivity index (χ0) is 16.4. The van der Waals surface area contributed by atoms with E-state index in [-0.39, 0.29) is 0 Å². The van der Waals surface area contributed by atoms with Gasteiger partial charge in [-0.25, -0.2) is 0 Å². The summed E-state index contributed by atoms with van der Waals surface area (Å²) in [6, 6.07) is 6.38. The lowest BCUT2D eigenvalue weighted by Gasteiger charge is -2.33. The zero-order valence-electron chi connectivity index (χ0n) is 13.8. The van der Waals surface area contributed by atoms with Crippen molar-refractivity contribution in [3.05, 3.63) is 39.0 Å². The normalized spacial score (nSPS) is 16.8. The minimum atomic E-state index is 0.642. The number of hydrogen-bond donors (Lipinski definition) is 1. The van der Waals surface area contributed by atoms with Crippen molar-refractivity contribution in [2.45, 2.75) is 20.4 Å². The maximum atomic E-state index is 6.22. The first-order chi connectivity index (χ1) is 11.1. The summed E-state index contributed by atoms with van der Waals surface area (Å²) in [5.41, 5.74) is 10.0. The number of nitrogens with zero attached hydrogens (tertiary/aromatic N) is 2. The van der Waals surface area contributed by atoms with Crippen molar-refractivity contribution in [2.75, 3.05) is 38.5 Å². The van der Waals surface area contributed by atoms with Crippen molar-refractivity contribution in [3.8, 4) is 11.1 Å². The fourth-order valence-corrected chi connectivity index (χ4v) is 4.22. The zero-order valence-corrected chi connectivity index (χ0v) is 15.4. The lowest BCUT2D eigenvalue weighted by molar-refractivity contribution is 0.133. The maximum Gasteiger partial charge on any atom is 0.0644 e. The molecular formula is C18H24ClN3S. The molecule has 1 aliphatic rings. The van der Waals surface area contributed by atoms with Crippen LogP contribution in [0.15, 0.2) is 23.6 Å². The van der Waals surface area contributed by atoms with E-state index in [1.165, 1.54) is 23.5 Å². The molecule has 0 radical (unpaired) electrons. The lowest BCUT2D eigenvalue weighted by atomic mass is 10.0. The van der Waals surface area contributed by atoms with Crippen LogP contribution < -0.4 is 5.73 Å². The van der Waals surface area contributed by atoms with Gasteiger partial charge in [0.05, 0.1) is 10.7 Å².